The molecule has 1 rings (SSSR count). The van der Waals surface area contributed by atoms with Gasteiger partial charge in [-0.2, -0.15) is 0 Å². The molecule has 0 aromatic carbocycles. The van der Waals surface area contributed by atoms with E-state index in [2.05, 4.69) is 0 Å². The summed E-state index contributed by atoms with van der Waals surface area (Å²) in [6.07, 6.45) is -3.50. The minimum Gasteiger partial charge on any atom is -0.479 e. The summed E-state index contributed by atoms with van der Waals surface area (Å²) in [5, 5.41) is 17.7. The number of hydrogen-bond acceptors (Lipinski definition) is 5. The van der Waals surface area contributed by atoms with Gasteiger partial charge in [0.2, 0.25) is 0 Å². The number of carboxylic acids is 2. The minimum atomic E-state index is -1.37. The van der Waals surface area contributed by atoms with Gasteiger partial charge in [0.15, 0.2) is 12.2 Å². The van der Waals surface area contributed by atoms with Crippen LogP contribution in [-0.2, 0) is 19.1 Å². The van der Waals surface area contributed by atoms with Crippen molar-refractivity contribution in [1.29, 1.82) is 0 Å². The molecule has 2 N–H and O–H groups in total. The van der Waals surface area contributed by atoms with E-state index in [4.69, 9.17) is 19.7 Å². The molecule has 0 aromatic rings. The van der Waals surface area contributed by atoms with Gasteiger partial charge in [-0.3, -0.25) is 0 Å². The van der Waals surface area contributed by atoms with Crippen LogP contribution in [0.2, 0.25) is 0 Å². The SMILES string of the molecule is C.CC(C)(C)OC(=O)N1C[C@@H](C(=O)O)O[C@@H](C(=O)O)C1. The predicted octanol–water partition coefficient (Wildman–Crippen LogP) is 0.796. The Hall–Kier alpha value is -1.83. The van der Waals surface area contributed by atoms with Crippen molar-refractivity contribution in [2.45, 2.75) is 46.0 Å². The fourth-order valence-corrected chi connectivity index (χ4v) is 1.51. The molecule has 20 heavy (non-hydrogen) atoms. The van der Waals surface area contributed by atoms with Crippen molar-refractivity contribution in [3.63, 3.8) is 0 Å². The number of carbonyl (C=O) groups excluding carboxylic acids is 1. The van der Waals surface area contributed by atoms with Gasteiger partial charge in [-0.15, -0.1) is 0 Å². The van der Waals surface area contributed by atoms with Crippen LogP contribution in [0, 0.1) is 0 Å². The zero-order chi connectivity index (χ0) is 14.8. The largest absolute Gasteiger partial charge is 0.479 e. The Kier molecular flexibility index (Phi) is 5.96. The average Bonchev–Trinajstić information content (AvgIpc) is 2.25. The van der Waals surface area contributed by atoms with Gasteiger partial charge in [-0.25, -0.2) is 14.4 Å². The summed E-state index contributed by atoms with van der Waals surface area (Å²) in [6.45, 7) is 4.50. The van der Waals surface area contributed by atoms with Crippen LogP contribution in [0.1, 0.15) is 28.2 Å². The molecule has 0 spiro atoms. The summed E-state index contributed by atoms with van der Waals surface area (Å²) < 4.78 is 9.95. The second-order valence-electron chi connectivity index (χ2n) is 5.18. The zero-order valence-electron chi connectivity index (χ0n) is 11.0. The van der Waals surface area contributed by atoms with Crippen molar-refractivity contribution in [2.75, 3.05) is 13.1 Å². The number of carboxylic acid groups (broad SMARTS) is 2. The lowest BCUT2D eigenvalue weighted by molar-refractivity contribution is -0.175. The number of ether oxygens (including phenoxy) is 2. The Bertz CT molecular complexity index is 366. The number of rotatable bonds is 2. The van der Waals surface area contributed by atoms with E-state index >= 15 is 0 Å². The van der Waals surface area contributed by atoms with Gasteiger partial charge in [0.25, 0.3) is 0 Å². The van der Waals surface area contributed by atoms with Crippen molar-refractivity contribution < 1.29 is 34.1 Å². The fraction of sp³-hybridized carbons (Fsp3) is 0.750. The lowest BCUT2D eigenvalue weighted by Gasteiger charge is -2.35. The van der Waals surface area contributed by atoms with E-state index in [1.165, 1.54) is 0 Å². The Balaban J connectivity index is 0.00000361. The fourth-order valence-electron chi connectivity index (χ4n) is 1.51. The van der Waals surface area contributed by atoms with E-state index < -0.39 is 35.8 Å². The van der Waals surface area contributed by atoms with Crippen molar-refractivity contribution in [2.24, 2.45) is 0 Å². The average molecular weight is 291 g/mol. The van der Waals surface area contributed by atoms with Crippen LogP contribution in [0.25, 0.3) is 0 Å². The molecule has 8 heteroatoms. The molecule has 1 amide bonds. The van der Waals surface area contributed by atoms with Gasteiger partial charge >= 0.3 is 18.0 Å². The first-order valence-electron chi connectivity index (χ1n) is 5.69. The maximum absolute atomic E-state index is 11.8. The van der Waals surface area contributed by atoms with Gasteiger partial charge in [-0.1, -0.05) is 7.43 Å². The van der Waals surface area contributed by atoms with Crippen LogP contribution >= 0.6 is 0 Å². The Morgan fingerprint density at radius 1 is 1.10 bits per heavy atom. The molecule has 0 radical (unpaired) electrons. The summed E-state index contributed by atoms with van der Waals surface area (Å²) in [7, 11) is 0. The minimum absolute atomic E-state index is 0. The standard InChI is InChI=1S/C11H17NO7.CH4/c1-11(2,3)19-10(17)12-4-6(8(13)14)18-7(5-12)9(15)16;/h6-7H,4-5H2,1-3H3,(H,13,14)(H,15,16);1H4/t6-,7+;. The molecule has 2 atom stereocenters. The van der Waals surface area contributed by atoms with Crippen LogP contribution < -0.4 is 0 Å². The second kappa shape index (κ2) is 6.56. The van der Waals surface area contributed by atoms with E-state index in [1.54, 1.807) is 20.8 Å². The van der Waals surface area contributed by atoms with Crippen LogP contribution in [0.3, 0.4) is 0 Å². The number of hydrogen-bond donors (Lipinski definition) is 2. The lowest BCUT2D eigenvalue weighted by atomic mass is 10.2. The predicted molar refractivity (Wildman–Crippen MR) is 68.5 cm³/mol. The molecule has 0 unspecified atom stereocenters. The van der Waals surface area contributed by atoms with Gasteiger partial charge in [0.1, 0.15) is 5.60 Å². The maximum Gasteiger partial charge on any atom is 0.410 e. The van der Waals surface area contributed by atoms with E-state index in [9.17, 15) is 14.4 Å². The van der Waals surface area contributed by atoms with Gasteiger partial charge < -0.3 is 24.6 Å². The molecule has 0 bridgehead atoms. The quantitative estimate of drug-likeness (QED) is 0.773. The summed E-state index contributed by atoms with van der Waals surface area (Å²) in [5.41, 5.74) is -0.743. The third kappa shape index (κ3) is 5.04. The van der Waals surface area contributed by atoms with Crippen molar-refractivity contribution in [3.05, 3.63) is 0 Å². The third-order valence-corrected chi connectivity index (χ3v) is 2.30. The van der Waals surface area contributed by atoms with Crippen LogP contribution in [0.5, 0.6) is 0 Å². The molecular weight excluding hydrogens is 270 g/mol. The second-order valence-corrected chi connectivity index (χ2v) is 5.18. The van der Waals surface area contributed by atoms with E-state index in [1.807, 2.05) is 0 Å². The van der Waals surface area contributed by atoms with Gasteiger partial charge in [0.05, 0.1) is 13.1 Å². The Labute approximate surface area is 117 Å². The number of carbonyl (C=O) groups is 3. The first-order valence-corrected chi connectivity index (χ1v) is 5.69. The molecule has 1 fully saturated rings. The monoisotopic (exact) mass is 291 g/mol. The van der Waals surface area contributed by atoms with Crippen molar-refractivity contribution in [1.82, 2.24) is 4.90 Å². The number of nitrogens with zero attached hydrogens (tertiary/aromatic N) is 1. The maximum atomic E-state index is 11.8. The summed E-state index contributed by atoms with van der Waals surface area (Å²) in [4.78, 5) is 34.6. The van der Waals surface area contributed by atoms with Gasteiger partial charge in [0, 0.05) is 0 Å². The molecule has 0 aliphatic carbocycles. The normalized spacial score (nSPS) is 22.6. The van der Waals surface area contributed by atoms with Crippen LogP contribution in [-0.4, -0.2) is 64.0 Å². The molecule has 116 valence electrons. The highest BCUT2D eigenvalue weighted by Gasteiger charge is 2.39. The third-order valence-electron chi connectivity index (χ3n) is 2.30. The number of amides is 1. The van der Waals surface area contributed by atoms with E-state index in [0.29, 0.717) is 0 Å². The first kappa shape index (κ1) is 18.2. The first-order chi connectivity index (χ1) is 8.60. The highest BCUT2D eigenvalue weighted by Crippen LogP contribution is 2.16. The lowest BCUT2D eigenvalue weighted by Crippen LogP contribution is -2.55. The molecular formula is C12H21NO7. The number of aliphatic carboxylic acids is 2. The highest BCUT2D eigenvalue weighted by molar-refractivity contribution is 5.79. The molecule has 1 saturated heterocycles. The van der Waals surface area contributed by atoms with Crippen LogP contribution in [0.4, 0.5) is 4.79 Å². The molecule has 8 nitrogen and oxygen atoms in total. The zero-order valence-corrected chi connectivity index (χ0v) is 11.0. The topological polar surface area (TPSA) is 113 Å². The van der Waals surface area contributed by atoms with Crippen molar-refractivity contribution >= 4 is 18.0 Å². The summed E-state index contributed by atoms with van der Waals surface area (Å²) >= 11 is 0. The highest BCUT2D eigenvalue weighted by atomic mass is 16.6. The molecule has 1 aliphatic heterocycles. The molecule has 1 aliphatic rings. The summed E-state index contributed by atoms with van der Waals surface area (Å²) in [5.74, 6) is -2.64. The number of morpholine rings is 1. The Morgan fingerprint density at radius 2 is 1.50 bits per heavy atom. The van der Waals surface area contributed by atoms with Gasteiger partial charge in [-0.05, 0) is 20.8 Å². The molecule has 1 heterocycles. The molecule has 0 saturated carbocycles. The smallest absolute Gasteiger partial charge is 0.410 e. The molecule has 0 aromatic heterocycles. The van der Waals surface area contributed by atoms with Crippen molar-refractivity contribution in [3.8, 4) is 0 Å². The van der Waals surface area contributed by atoms with E-state index in [0.717, 1.165) is 4.90 Å². The van der Waals surface area contributed by atoms with E-state index in [-0.39, 0.29) is 20.5 Å². The summed E-state index contributed by atoms with van der Waals surface area (Å²) in [6, 6.07) is 0. The van der Waals surface area contributed by atoms with Crippen LogP contribution in [0.15, 0.2) is 0 Å². The Morgan fingerprint density at radius 3 is 1.80 bits per heavy atom.